The van der Waals surface area contributed by atoms with E-state index in [-0.39, 0.29) is 10.9 Å². The quantitative estimate of drug-likeness (QED) is 0.753. The van der Waals surface area contributed by atoms with Crippen LogP contribution < -0.4 is 14.2 Å². The molecule has 3 heterocycles. The molecule has 1 saturated heterocycles. The molecule has 1 aromatic heterocycles. The second-order valence-electron chi connectivity index (χ2n) is 7.56. The molecule has 158 valence electrons. The highest BCUT2D eigenvalue weighted by Crippen LogP contribution is 2.32. The Morgan fingerprint density at radius 3 is 2.45 bits per heavy atom. The van der Waals surface area contributed by atoms with Crippen LogP contribution in [0, 0.1) is 0 Å². The fourth-order valence-corrected chi connectivity index (χ4v) is 4.89. The first kappa shape index (κ1) is 20.2. The van der Waals surface area contributed by atoms with Gasteiger partial charge in [-0.25, -0.2) is 13.1 Å². The molecule has 2 aliphatic heterocycles. The summed E-state index contributed by atoms with van der Waals surface area (Å²) in [5, 5.41) is 0. The molecule has 0 spiro atoms. The second kappa shape index (κ2) is 8.35. The van der Waals surface area contributed by atoms with Gasteiger partial charge in [-0.15, -0.1) is 0 Å². The normalized spacial score (nSPS) is 19.2. The molecule has 0 amide bonds. The van der Waals surface area contributed by atoms with Crippen LogP contribution in [-0.2, 0) is 17.1 Å². The van der Waals surface area contributed by atoms with Crippen molar-refractivity contribution in [3.05, 3.63) is 42.2 Å². The number of fused-ring (bicyclic) bond motifs is 1. The van der Waals surface area contributed by atoms with Crippen LogP contribution in [-0.4, -0.2) is 75.8 Å². The van der Waals surface area contributed by atoms with E-state index >= 15 is 0 Å². The molecule has 1 N–H and O–H groups in total. The fraction of sp³-hybridized carbons (Fsp3) is 0.500. The molecule has 0 aliphatic carbocycles. The monoisotopic (exact) mass is 420 g/mol. The maximum absolute atomic E-state index is 13.0. The average Bonchev–Trinajstić information content (AvgIpc) is 3.14. The Kier molecular flexibility index (Phi) is 5.82. The van der Waals surface area contributed by atoms with E-state index in [1.54, 1.807) is 12.1 Å². The summed E-state index contributed by atoms with van der Waals surface area (Å²) in [5.74, 6) is 1.05. The van der Waals surface area contributed by atoms with Gasteiger partial charge in [0.15, 0.2) is 11.5 Å². The number of nitrogens with one attached hydrogen (secondary N) is 1. The fourth-order valence-electron chi connectivity index (χ4n) is 3.84. The molecular formula is C20H28N4O4S. The summed E-state index contributed by atoms with van der Waals surface area (Å²) < 4.78 is 41.8. The lowest BCUT2D eigenvalue weighted by Crippen LogP contribution is -2.48. The molecule has 0 unspecified atom stereocenters. The maximum atomic E-state index is 13.0. The van der Waals surface area contributed by atoms with Gasteiger partial charge in [-0.2, -0.15) is 0 Å². The zero-order chi connectivity index (χ0) is 20.4. The van der Waals surface area contributed by atoms with Crippen molar-refractivity contribution in [2.45, 2.75) is 10.9 Å². The van der Waals surface area contributed by atoms with Gasteiger partial charge < -0.3 is 18.9 Å². The van der Waals surface area contributed by atoms with Crippen LogP contribution in [0.15, 0.2) is 41.4 Å². The lowest BCUT2D eigenvalue weighted by atomic mass is 10.1. The first-order valence-electron chi connectivity index (χ1n) is 9.87. The summed E-state index contributed by atoms with van der Waals surface area (Å²) in [4.78, 5) is 4.82. The van der Waals surface area contributed by atoms with Crippen LogP contribution in [0.2, 0.25) is 0 Å². The van der Waals surface area contributed by atoms with Gasteiger partial charge in [0, 0.05) is 57.7 Å². The van der Waals surface area contributed by atoms with Crippen molar-refractivity contribution >= 4 is 10.0 Å². The van der Waals surface area contributed by atoms with Crippen LogP contribution in [0.25, 0.3) is 0 Å². The molecule has 2 aromatic rings. The lowest BCUT2D eigenvalue weighted by molar-refractivity contribution is 0.109. The van der Waals surface area contributed by atoms with Crippen LogP contribution in [0.4, 0.5) is 0 Å². The predicted molar refractivity (Wildman–Crippen MR) is 110 cm³/mol. The first-order valence-corrected chi connectivity index (χ1v) is 11.4. The summed E-state index contributed by atoms with van der Waals surface area (Å²) in [6, 6.07) is 8.76. The number of aromatic nitrogens is 1. The molecule has 0 radical (unpaired) electrons. The van der Waals surface area contributed by atoms with Gasteiger partial charge in [-0.05, 0) is 31.3 Å². The number of hydrogen-bond donors (Lipinski definition) is 1. The van der Waals surface area contributed by atoms with E-state index in [4.69, 9.17) is 9.47 Å². The first-order chi connectivity index (χ1) is 13.9. The number of benzene rings is 1. The van der Waals surface area contributed by atoms with E-state index in [9.17, 15) is 8.42 Å². The third-order valence-electron chi connectivity index (χ3n) is 5.59. The Hall–Kier alpha value is -2.07. The topological polar surface area (TPSA) is 76.0 Å². The maximum Gasteiger partial charge on any atom is 0.240 e. The van der Waals surface area contributed by atoms with Gasteiger partial charge in [-0.1, -0.05) is 0 Å². The molecule has 0 saturated carbocycles. The number of sulfonamides is 1. The Balaban J connectivity index is 1.52. The van der Waals surface area contributed by atoms with E-state index < -0.39 is 10.0 Å². The number of likely N-dealkylation sites (N-methyl/N-ethyl adjacent to an activating group) is 1. The standard InChI is InChI=1S/C20H28N4O4S/c1-22-8-10-24(11-9-22)18(17-4-3-7-23(17)2)15-21-29(25,26)16-5-6-19-20(14-16)28-13-12-27-19/h3-7,14,18,21H,8-13,15H2,1-2H3/t18-/m0/s1. The van der Waals surface area contributed by atoms with Gasteiger partial charge in [0.1, 0.15) is 13.2 Å². The Bertz CT molecular complexity index is 951. The Labute approximate surface area is 172 Å². The van der Waals surface area contributed by atoms with E-state index in [1.807, 2.05) is 19.3 Å². The highest BCUT2D eigenvalue weighted by atomic mass is 32.2. The highest BCUT2D eigenvalue weighted by molar-refractivity contribution is 7.89. The van der Waals surface area contributed by atoms with Crippen molar-refractivity contribution in [3.8, 4) is 11.5 Å². The summed E-state index contributed by atoms with van der Waals surface area (Å²) in [7, 11) is 0.430. The number of rotatable bonds is 6. The lowest BCUT2D eigenvalue weighted by Gasteiger charge is -2.38. The summed E-state index contributed by atoms with van der Waals surface area (Å²) in [6.45, 7) is 4.93. The molecule has 8 nitrogen and oxygen atoms in total. The molecule has 9 heteroatoms. The third-order valence-corrected chi connectivity index (χ3v) is 7.02. The molecule has 1 aromatic carbocycles. The number of ether oxygens (including phenoxy) is 2. The van der Waals surface area contributed by atoms with Crippen LogP contribution in [0.1, 0.15) is 11.7 Å². The van der Waals surface area contributed by atoms with E-state index in [1.165, 1.54) is 6.07 Å². The zero-order valence-corrected chi connectivity index (χ0v) is 17.7. The van der Waals surface area contributed by atoms with Crippen molar-refractivity contribution in [3.63, 3.8) is 0 Å². The van der Waals surface area contributed by atoms with E-state index in [0.29, 0.717) is 31.3 Å². The van der Waals surface area contributed by atoms with Crippen LogP contribution in [0.5, 0.6) is 11.5 Å². The van der Waals surface area contributed by atoms with Gasteiger partial charge in [0.05, 0.1) is 10.9 Å². The molecule has 1 atom stereocenters. The zero-order valence-electron chi connectivity index (χ0n) is 16.9. The molecular weight excluding hydrogens is 392 g/mol. The molecule has 2 aliphatic rings. The SMILES string of the molecule is CN1CCN([C@@H](CNS(=O)(=O)c2ccc3c(c2)OCCO3)c2cccn2C)CC1. The number of hydrogen-bond acceptors (Lipinski definition) is 6. The summed E-state index contributed by atoms with van der Waals surface area (Å²) >= 11 is 0. The summed E-state index contributed by atoms with van der Waals surface area (Å²) in [5.41, 5.74) is 1.10. The highest BCUT2D eigenvalue weighted by Gasteiger charge is 2.28. The molecule has 29 heavy (non-hydrogen) atoms. The largest absolute Gasteiger partial charge is 0.486 e. The van der Waals surface area contributed by atoms with Crippen molar-refractivity contribution in [1.29, 1.82) is 0 Å². The average molecular weight is 421 g/mol. The van der Waals surface area contributed by atoms with Gasteiger partial charge >= 0.3 is 0 Å². The van der Waals surface area contributed by atoms with Crippen LogP contribution in [0.3, 0.4) is 0 Å². The van der Waals surface area contributed by atoms with Gasteiger partial charge in [-0.3, -0.25) is 4.90 Å². The van der Waals surface area contributed by atoms with Crippen LogP contribution >= 0.6 is 0 Å². The smallest absolute Gasteiger partial charge is 0.240 e. The predicted octanol–water partition coefficient (Wildman–Crippen LogP) is 1.06. The minimum Gasteiger partial charge on any atom is -0.486 e. The van der Waals surface area contributed by atoms with Crippen molar-refractivity contribution in [2.24, 2.45) is 7.05 Å². The minimum absolute atomic E-state index is 0.0318. The van der Waals surface area contributed by atoms with Crippen molar-refractivity contribution in [1.82, 2.24) is 19.1 Å². The molecule has 0 bridgehead atoms. The second-order valence-corrected chi connectivity index (χ2v) is 9.32. The van der Waals surface area contributed by atoms with Gasteiger partial charge in [0.2, 0.25) is 10.0 Å². The Morgan fingerprint density at radius 2 is 1.76 bits per heavy atom. The summed E-state index contributed by atoms with van der Waals surface area (Å²) in [6.07, 6.45) is 1.99. The third kappa shape index (κ3) is 4.42. The molecule has 4 rings (SSSR count). The van der Waals surface area contributed by atoms with Crippen molar-refractivity contribution in [2.75, 3.05) is 53.0 Å². The van der Waals surface area contributed by atoms with E-state index in [2.05, 4.69) is 32.2 Å². The van der Waals surface area contributed by atoms with Crippen molar-refractivity contribution < 1.29 is 17.9 Å². The number of nitrogens with zero attached hydrogens (tertiary/aromatic N) is 3. The molecule has 1 fully saturated rings. The number of aryl methyl sites for hydroxylation is 1. The Morgan fingerprint density at radius 1 is 1.03 bits per heavy atom. The van der Waals surface area contributed by atoms with Gasteiger partial charge in [0.25, 0.3) is 0 Å². The van der Waals surface area contributed by atoms with E-state index in [0.717, 1.165) is 31.9 Å². The minimum atomic E-state index is -3.67. The number of piperazine rings is 1.